The predicted molar refractivity (Wildman–Crippen MR) is 129 cm³/mol. The number of carbonyl (C=O) groups excluding carboxylic acids is 2. The van der Waals surface area contributed by atoms with Crippen LogP contribution in [0.1, 0.15) is 40.0 Å². The molecule has 7 heteroatoms. The first-order valence-electron chi connectivity index (χ1n) is 10.6. The Balaban J connectivity index is 1.77. The van der Waals surface area contributed by atoms with E-state index in [4.69, 9.17) is 4.98 Å². The van der Waals surface area contributed by atoms with Crippen LogP contribution in [0.25, 0.3) is 11.0 Å². The Morgan fingerprint density at radius 1 is 1.12 bits per heavy atom. The zero-order valence-electron chi connectivity index (χ0n) is 18.5. The first-order valence-corrected chi connectivity index (χ1v) is 11.4. The second kappa shape index (κ2) is 9.36. The van der Waals surface area contributed by atoms with Gasteiger partial charge in [-0.3, -0.25) is 9.59 Å². The molecule has 2 aromatic heterocycles. The lowest BCUT2D eigenvalue weighted by atomic mass is 10.1. The maximum atomic E-state index is 13.5. The Labute approximate surface area is 191 Å². The van der Waals surface area contributed by atoms with Gasteiger partial charge in [0.05, 0.1) is 23.1 Å². The molecule has 0 fully saturated rings. The summed E-state index contributed by atoms with van der Waals surface area (Å²) < 4.78 is 1.99. The zero-order chi connectivity index (χ0) is 22.7. The second-order valence-corrected chi connectivity index (χ2v) is 8.82. The van der Waals surface area contributed by atoms with Gasteiger partial charge in [-0.25, -0.2) is 4.98 Å². The molecule has 0 saturated heterocycles. The lowest BCUT2D eigenvalue weighted by Gasteiger charge is -2.18. The van der Waals surface area contributed by atoms with Crippen molar-refractivity contribution in [2.75, 3.05) is 12.4 Å². The maximum absolute atomic E-state index is 13.5. The van der Waals surface area contributed by atoms with E-state index in [1.807, 2.05) is 53.4 Å². The molecule has 0 saturated carbocycles. The highest BCUT2D eigenvalue weighted by Gasteiger charge is 2.22. The number of aromatic nitrogens is 2. The Morgan fingerprint density at radius 3 is 2.59 bits per heavy atom. The molecule has 4 aromatic rings. The molecule has 2 aromatic carbocycles. The number of anilines is 1. The molecule has 0 atom stereocenters. The van der Waals surface area contributed by atoms with Crippen LogP contribution in [0.2, 0.25) is 0 Å². The molecule has 0 radical (unpaired) electrons. The number of nitrogens with one attached hydrogen (secondary N) is 1. The fraction of sp³-hybridized carbons (Fsp3) is 0.240. The summed E-state index contributed by atoms with van der Waals surface area (Å²) in [4.78, 5) is 33.2. The number of rotatable bonds is 7. The molecule has 0 aliphatic heterocycles. The van der Waals surface area contributed by atoms with Crippen molar-refractivity contribution in [1.29, 1.82) is 0 Å². The summed E-state index contributed by atoms with van der Waals surface area (Å²) >= 11 is 1.62. The molecule has 0 unspecified atom stereocenters. The van der Waals surface area contributed by atoms with E-state index < -0.39 is 0 Å². The quantitative estimate of drug-likeness (QED) is 0.441. The summed E-state index contributed by atoms with van der Waals surface area (Å²) in [6.45, 7) is 2.33. The normalized spacial score (nSPS) is 11.0. The summed E-state index contributed by atoms with van der Waals surface area (Å²) in [5.41, 5.74) is 3.73. The summed E-state index contributed by atoms with van der Waals surface area (Å²) in [6, 6.07) is 17.7. The van der Waals surface area contributed by atoms with Crippen molar-refractivity contribution in [3.05, 3.63) is 81.8 Å². The second-order valence-electron chi connectivity index (χ2n) is 7.78. The molecule has 2 amide bonds. The molecular weight excluding hydrogens is 420 g/mol. The van der Waals surface area contributed by atoms with Gasteiger partial charge in [0.2, 0.25) is 5.91 Å². The van der Waals surface area contributed by atoms with E-state index in [0.29, 0.717) is 36.2 Å². The number of amides is 2. The average molecular weight is 447 g/mol. The fourth-order valence-corrected chi connectivity index (χ4v) is 4.49. The minimum absolute atomic E-state index is 0.102. The average Bonchev–Trinajstić information content (AvgIpc) is 3.41. The number of hydrogen-bond donors (Lipinski definition) is 1. The van der Waals surface area contributed by atoms with Crippen LogP contribution in [0.4, 0.5) is 5.69 Å². The van der Waals surface area contributed by atoms with E-state index in [9.17, 15) is 9.59 Å². The third-order valence-electron chi connectivity index (χ3n) is 5.42. The van der Waals surface area contributed by atoms with Gasteiger partial charge in [0.15, 0.2) is 0 Å². The van der Waals surface area contributed by atoms with Gasteiger partial charge < -0.3 is 14.8 Å². The molecule has 2 heterocycles. The molecule has 6 nitrogen and oxygen atoms in total. The zero-order valence-corrected chi connectivity index (χ0v) is 19.3. The number of nitrogens with zero attached hydrogens (tertiary/aromatic N) is 3. The van der Waals surface area contributed by atoms with Crippen LogP contribution in [0, 0.1) is 0 Å². The van der Waals surface area contributed by atoms with Crippen LogP contribution < -0.4 is 5.32 Å². The van der Waals surface area contributed by atoms with Gasteiger partial charge in [0, 0.05) is 37.5 Å². The number of carbonyl (C=O) groups is 2. The van der Waals surface area contributed by atoms with E-state index in [1.165, 1.54) is 0 Å². The standard InChI is InChI=1S/C25H26N4O2S/c1-4-23(30)26-18-14-20(25(31)28(2)16-19-11-8-12-32-19)24-21(15-18)27-22(29(24)3)13-17-9-6-5-7-10-17/h5-12,14-15H,4,13,16H2,1-3H3,(H,26,30). The Hall–Kier alpha value is -3.45. The predicted octanol–water partition coefficient (Wildman–Crippen LogP) is 4.85. The topological polar surface area (TPSA) is 67.2 Å². The van der Waals surface area contributed by atoms with Crippen molar-refractivity contribution in [2.24, 2.45) is 7.05 Å². The monoisotopic (exact) mass is 446 g/mol. The van der Waals surface area contributed by atoms with Gasteiger partial charge in [-0.15, -0.1) is 11.3 Å². The molecule has 164 valence electrons. The third-order valence-corrected chi connectivity index (χ3v) is 6.28. The van der Waals surface area contributed by atoms with Gasteiger partial charge >= 0.3 is 0 Å². The number of benzene rings is 2. The lowest BCUT2D eigenvalue weighted by Crippen LogP contribution is -2.26. The third kappa shape index (κ3) is 4.57. The molecular formula is C25H26N4O2S. The van der Waals surface area contributed by atoms with Gasteiger partial charge in [-0.05, 0) is 29.1 Å². The van der Waals surface area contributed by atoms with E-state index in [0.717, 1.165) is 21.8 Å². The number of hydrogen-bond acceptors (Lipinski definition) is 4. The van der Waals surface area contributed by atoms with Crippen LogP contribution in [0.3, 0.4) is 0 Å². The molecule has 1 N–H and O–H groups in total. The Kier molecular flexibility index (Phi) is 6.37. The van der Waals surface area contributed by atoms with Crippen molar-refractivity contribution < 1.29 is 9.59 Å². The fourth-order valence-electron chi connectivity index (χ4n) is 3.73. The first-order chi connectivity index (χ1) is 15.5. The minimum Gasteiger partial charge on any atom is -0.336 e. The van der Waals surface area contributed by atoms with Gasteiger partial charge in [-0.1, -0.05) is 43.3 Å². The highest BCUT2D eigenvalue weighted by Crippen LogP contribution is 2.27. The van der Waals surface area contributed by atoms with E-state index in [2.05, 4.69) is 17.4 Å². The van der Waals surface area contributed by atoms with Crippen LogP contribution in [-0.2, 0) is 24.8 Å². The summed E-state index contributed by atoms with van der Waals surface area (Å²) in [5.74, 6) is 0.653. The van der Waals surface area contributed by atoms with Gasteiger partial charge in [0.25, 0.3) is 5.91 Å². The molecule has 0 aliphatic rings. The number of aryl methyl sites for hydroxylation is 1. The SMILES string of the molecule is CCC(=O)Nc1cc(C(=O)N(C)Cc2cccs2)c2c(c1)nc(Cc1ccccc1)n2C. The molecule has 0 bridgehead atoms. The highest BCUT2D eigenvalue weighted by molar-refractivity contribution is 7.09. The van der Waals surface area contributed by atoms with Crippen molar-refractivity contribution >= 4 is 39.9 Å². The minimum atomic E-state index is -0.106. The molecule has 32 heavy (non-hydrogen) atoms. The first kappa shape index (κ1) is 21.8. The summed E-state index contributed by atoms with van der Waals surface area (Å²) in [7, 11) is 3.74. The maximum Gasteiger partial charge on any atom is 0.256 e. The Morgan fingerprint density at radius 2 is 1.91 bits per heavy atom. The Bertz CT molecular complexity index is 1250. The highest BCUT2D eigenvalue weighted by atomic mass is 32.1. The number of thiophene rings is 1. The van der Waals surface area contributed by atoms with Gasteiger partial charge in [-0.2, -0.15) is 0 Å². The van der Waals surface area contributed by atoms with Crippen molar-refractivity contribution in [3.8, 4) is 0 Å². The van der Waals surface area contributed by atoms with Crippen molar-refractivity contribution in [2.45, 2.75) is 26.3 Å². The van der Waals surface area contributed by atoms with Crippen molar-refractivity contribution in [3.63, 3.8) is 0 Å². The largest absolute Gasteiger partial charge is 0.336 e. The van der Waals surface area contributed by atoms with Gasteiger partial charge in [0.1, 0.15) is 5.82 Å². The van der Waals surface area contributed by atoms with Crippen LogP contribution in [0.15, 0.2) is 60.0 Å². The number of imidazole rings is 1. The van der Waals surface area contributed by atoms with Crippen molar-refractivity contribution in [1.82, 2.24) is 14.5 Å². The summed E-state index contributed by atoms with van der Waals surface area (Å²) in [5, 5.41) is 4.89. The summed E-state index contributed by atoms with van der Waals surface area (Å²) in [6.07, 6.45) is 1.02. The molecule has 4 rings (SSSR count). The molecule has 0 spiro atoms. The number of fused-ring (bicyclic) bond motifs is 1. The molecule has 0 aliphatic carbocycles. The van der Waals surface area contributed by atoms with Crippen LogP contribution in [0.5, 0.6) is 0 Å². The van der Waals surface area contributed by atoms with E-state index in [-0.39, 0.29) is 11.8 Å². The smallest absolute Gasteiger partial charge is 0.256 e. The van der Waals surface area contributed by atoms with Crippen LogP contribution >= 0.6 is 11.3 Å². The van der Waals surface area contributed by atoms with E-state index in [1.54, 1.807) is 36.3 Å². The van der Waals surface area contributed by atoms with Crippen LogP contribution in [-0.4, -0.2) is 33.3 Å². The van der Waals surface area contributed by atoms with E-state index >= 15 is 0 Å². The lowest BCUT2D eigenvalue weighted by molar-refractivity contribution is -0.115.